The number of rotatable bonds is 7. The molecular weight excluding hydrogens is 450 g/mol. The number of hydrazone groups is 1. The first-order valence-electron chi connectivity index (χ1n) is 10.6. The van der Waals surface area contributed by atoms with Crippen molar-refractivity contribution < 1.29 is 9.59 Å². The van der Waals surface area contributed by atoms with Crippen molar-refractivity contribution in [1.29, 1.82) is 0 Å². The van der Waals surface area contributed by atoms with Gasteiger partial charge in [-0.2, -0.15) is 10.2 Å². The van der Waals surface area contributed by atoms with Crippen LogP contribution in [0.2, 0.25) is 5.02 Å². The van der Waals surface area contributed by atoms with E-state index >= 15 is 0 Å². The van der Waals surface area contributed by atoms with Crippen LogP contribution in [0, 0.1) is 6.92 Å². The topological polar surface area (TPSA) is 88.4 Å². The smallest absolute Gasteiger partial charge is 0.259 e. The highest BCUT2D eigenvalue weighted by molar-refractivity contribution is 6.31. The highest BCUT2D eigenvalue weighted by Crippen LogP contribution is 2.23. The van der Waals surface area contributed by atoms with Crippen LogP contribution in [0.1, 0.15) is 21.5 Å². The molecule has 4 aromatic rings. The highest BCUT2D eigenvalue weighted by atomic mass is 35.5. The number of aryl methyl sites for hydroxylation is 1. The van der Waals surface area contributed by atoms with Crippen molar-refractivity contribution in [3.05, 3.63) is 107 Å². The van der Waals surface area contributed by atoms with Crippen molar-refractivity contribution in [2.75, 3.05) is 6.54 Å². The van der Waals surface area contributed by atoms with Crippen LogP contribution < -0.4 is 10.7 Å². The van der Waals surface area contributed by atoms with Crippen LogP contribution in [-0.2, 0) is 4.79 Å². The first kappa shape index (κ1) is 22.9. The lowest BCUT2D eigenvalue weighted by atomic mass is 10.1. The third-order valence-corrected chi connectivity index (χ3v) is 5.21. The zero-order valence-electron chi connectivity index (χ0n) is 18.4. The van der Waals surface area contributed by atoms with Gasteiger partial charge in [-0.15, -0.1) is 0 Å². The number of aromatic nitrogens is 2. The van der Waals surface area contributed by atoms with Crippen LogP contribution in [0.25, 0.3) is 16.9 Å². The third kappa shape index (κ3) is 5.76. The van der Waals surface area contributed by atoms with Gasteiger partial charge in [0.15, 0.2) is 0 Å². The van der Waals surface area contributed by atoms with Crippen LogP contribution in [-0.4, -0.2) is 34.4 Å². The van der Waals surface area contributed by atoms with Gasteiger partial charge < -0.3 is 5.32 Å². The highest BCUT2D eigenvalue weighted by Gasteiger charge is 2.12. The summed E-state index contributed by atoms with van der Waals surface area (Å²) in [7, 11) is 0. The summed E-state index contributed by atoms with van der Waals surface area (Å²) in [5.41, 5.74) is 7.26. The van der Waals surface area contributed by atoms with Crippen molar-refractivity contribution in [3.8, 4) is 16.9 Å². The fourth-order valence-corrected chi connectivity index (χ4v) is 3.43. The van der Waals surface area contributed by atoms with E-state index in [1.807, 2.05) is 67.7 Å². The largest absolute Gasteiger partial charge is 0.343 e. The summed E-state index contributed by atoms with van der Waals surface area (Å²) >= 11 is 5.90. The monoisotopic (exact) mass is 471 g/mol. The van der Waals surface area contributed by atoms with Crippen LogP contribution in [0.4, 0.5) is 0 Å². The molecule has 4 rings (SSSR count). The zero-order valence-corrected chi connectivity index (χ0v) is 19.2. The van der Waals surface area contributed by atoms with E-state index in [0.717, 1.165) is 28.1 Å². The van der Waals surface area contributed by atoms with Gasteiger partial charge in [0, 0.05) is 27.9 Å². The first-order valence-corrected chi connectivity index (χ1v) is 11.0. The van der Waals surface area contributed by atoms with E-state index in [0.29, 0.717) is 10.6 Å². The number of amides is 2. The quantitative estimate of drug-likeness (QED) is 0.309. The van der Waals surface area contributed by atoms with Gasteiger partial charge >= 0.3 is 0 Å². The van der Waals surface area contributed by atoms with Gasteiger partial charge in [-0.1, -0.05) is 65.7 Å². The predicted molar refractivity (Wildman–Crippen MR) is 133 cm³/mol. The molecule has 0 radical (unpaired) electrons. The Bertz CT molecular complexity index is 1330. The van der Waals surface area contributed by atoms with Crippen molar-refractivity contribution in [2.45, 2.75) is 6.92 Å². The summed E-state index contributed by atoms with van der Waals surface area (Å²) in [5, 5.41) is 11.8. The average molecular weight is 472 g/mol. The predicted octanol–water partition coefficient (Wildman–Crippen LogP) is 4.38. The van der Waals surface area contributed by atoms with Crippen molar-refractivity contribution in [3.63, 3.8) is 0 Å². The Kier molecular flexibility index (Phi) is 7.15. The summed E-state index contributed by atoms with van der Waals surface area (Å²) in [4.78, 5) is 24.3. The molecule has 0 aliphatic rings. The number of halogens is 1. The third-order valence-electron chi connectivity index (χ3n) is 4.98. The molecular formula is C26H22ClN5O2. The summed E-state index contributed by atoms with van der Waals surface area (Å²) in [6.07, 6.45) is 3.39. The molecule has 0 aliphatic carbocycles. The molecule has 8 heteroatoms. The Morgan fingerprint density at radius 3 is 2.53 bits per heavy atom. The maximum absolute atomic E-state index is 12.2. The number of nitrogens with zero attached hydrogens (tertiary/aromatic N) is 3. The molecule has 1 heterocycles. The summed E-state index contributed by atoms with van der Waals surface area (Å²) in [5.74, 6) is -0.855. The summed E-state index contributed by atoms with van der Waals surface area (Å²) < 4.78 is 1.77. The molecule has 7 nitrogen and oxygen atoms in total. The number of benzene rings is 3. The normalized spacial score (nSPS) is 10.9. The van der Waals surface area contributed by atoms with Crippen molar-refractivity contribution >= 4 is 29.6 Å². The molecule has 34 heavy (non-hydrogen) atoms. The molecule has 0 atom stereocenters. The number of hydrogen-bond donors (Lipinski definition) is 2. The van der Waals surface area contributed by atoms with Crippen LogP contribution in [0.5, 0.6) is 0 Å². The van der Waals surface area contributed by atoms with Gasteiger partial charge in [-0.25, -0.2) is 10.1 Å². The van der Waals surface area contributed by atoms with Crippen LogP contribution in [0.3, 0.4) is 0 Å². The van der Waals surface area contributed by atoms with Gasteiger partial charge in [0.25, 0.3) is 11.8 Å². The molecule has 0 spiro atoms. The van der Waals surface area contributed by atoms with E-state index in [9.17, 15) is 9.59 Å². The van der Waals surface area contributed by atoms with E-state index < -0.39 is 11.8 Å². The number of para-hydroxylation sites is 1. The molecule has 2 amide bonds. The Labute approximate surface area is 202 Å². The minimum Gasteiger partial charge on any atom is -0.343 e. The van der Waals surface area contributed by atoms with Gasteiger partial charge in [-0.05, 0) is 37.3 Å². The Balaban J connectivity index is 1.46. The van der Waals surface area contributed by atoms with E-state index in [-0.39, 0.29) is 6.54 Å². The van der Waals surface area contributed by atoms with Crippen LogP contribution >= 0.6 is 11.6 Å². The van der Waals surface area contributed by atoms with Crippen molar-refractivity contribution in [2.24, 2.45) is 5.10 Å². The average Bonchev–Trinajstić information content (AvgIpc) is 3.27. The minimum absolute atomic E-state index is 0.225. The molecule has 2 N–H and O–H groups in total. The number of carbonyl (C=O) groups excluding carboxylic acids is 2. The summed E-state index contributed by atoms with van der Waals surface area (Å²) in [6.45, 7) is 1.80. The Hall–Kier alpha value is -4.23. The maximum atomic E-state index is 12.2. The molecule has 3 aromatic carbocycles. The Morgan fingerprint density at radius 1 is 1.03 bits per heavy atom. The fraction of sp³-hybridized carbons (Fsp3) is 0.0769. The van der Waals surface area contributed by atoms with Gasteiger partial charge in [0.05, 0.1) is 18.4 Å². The standard InChI is InChI=1S/C26H22ClN5O2/c1-18-10-12-19(13-11-18)25-21(17-32(31-25)23-8-3-2-4-9-23)15-29-30-24(33)16-28-26(34)20-6-5-7-22(27)14-20/h2-15,17H,16H2,1H3,(H,28,34)(H,30,33)/b29-15-. The molecule has 0 saturated heterocycles. The second kappa shape index (κ2) is 10.6. The van der Waals surface area contributed by atoms with Gasteiger partial charge in [0.2, 0.25) is 0 Å². The zero-order chi connectivity index (χ0) is 23.9. The summed E-state index contributed by atoms with van der Waals surface area (Å²) in [6, 6.07) is 24.2. The van der Waals surface area contributed by atoms with E-state index in [4.69, 9.17) is 16.7 Å². The SMILES string of the molecule is Cc1ccc(-c2nn(-c3ccccc3)cc2/C=N\NC(=O)CNC(=O)c2cccc(Cl)c2)cc1. The molecule has 0 bridgehead atoms. The molecule has 0 aliphatic heterocycles. The lowest BCUT2D eigenvalue weighted by Crippen LogP contribution is -2.34. The van der Waals surface area contributed by atoms with E-state index in [1.54, 1.807) is 29.1 Å². The Morgan fingerprint density at radius 2 is 1.79 bits per heavy atom. The van der Waals surface area contributed by atoms with E-state index in [2.05, 4.69) is 15.8 Å². The van der Waals surface area contributed by atoms with E-state index in [1.165, 1.54) is 6.07 Å². The molecule has 0 fully saturated rings. The number of carbonyl (C=O) groups is 2. The van der Waals surface area contributed by atoms with Crippen LogP contribution in [0.15, 0.2) is 90.2 Å². The second-order valence-corrected chi connectivity index (χ2v) is 8.00. The molecule has 170 valence electrons. The first-order chi connectivity index (χ1) is 16.5. The maximum Gasteiger partial charge on any atom is 0.259 e. The number of hydrogen-bond acceptors (Lipinski definition) is 4. The fourth-order valence-electron chi connectivity index (χ4n) is 3.24. The molecule has 0 unspecified atom stereocenters. The lowest BCUT2D eigenvalue weighted by Gasteiger charge is -2.04. The number of nitrogens with one attached hydrogen (secondary N) is 2. The minimum atomic E-state index is -0.459. The molecule has 1 aromatic heterocycles. The lowest BCUT2D eigenvalue weighted by molar-refractivity contribution is -0.120. The molecule has 0 saturated carbocycles. The van der Waals surface area contributed by atoms with Crippen molar-refractivity contribution in [1.82, 2.24) is 20.5 Å². The second-order valence-electron chi connectivity index (χ2n) is 7.57. The van der Waals surface area contributed by atoms with Gasteiger partial charge in [-0.3, -0.25) is 9.59 Å². The van der Waals surface area contributed by atoms with Gasteiger partial charge in [0.1, 0.15) is 5.69 Å².